The molecule has 5 aliphatic rings. The van der Waals surface area contributed by atoms with E-state index in [9.17, 15) is 42.3 Å². The van der Waals surface area contributed by atoms with E-state index in [1.165, 1.54) is 31.3 Å². The standard InChI is InChI=1S/C31H41N5O7.C2HF3O2/c1-43-30(42)23(16-31-13-18-8-19(14-31)10-20(9-18)15-31)35-28(40)24(12-26(38)39)36-7-6-22(29(36)41)34-25(37)11-17-2-4-21(5-3-17)27(32)33;3-2(4,5)1(6)7/h2-5,18-20,22-24H,6-16H2,1H3,(H3,32,33)(H,34,37)(H,35,40)(H,38,39);(H,6,7)/t18?,19?,20?,22-,23-,24-,31?;/m0./s1. The van der Waals surface area contributed by atoms with Gasteiger partial charge in [0.2, 0.25) is 17.7 Å². The van der Waals surface area contributed by atoms with Crippen LogP contribution in [0.25, 0.3) is 0 Å². The highest BCUT2D eigenvalue weighted by molar-refractivity contribution is 5.97. The van der Waals surface area contributed by atoms with E-state index >= 15 is 0 Å². The van der Waals surface area contributed by atoms with Crippen molar-refractivity contribution in [3.8, 4) is 0 Å². The highest BCUT2D eigenvalue weighted by Crippen LogP contribution is 2.61. The predicted molar refractivity (Wildman–Crippen MR) is 168 cm³/mol. The molecule has 0 unspecified atom stereocenters. The van der Waals surface area contributed by atoms with Gasteiger partial charge in [-0.15, -0.1) is 0 Å². The first kappa shape index (κ1) is 38.1. The van der Waals surface area contributed by atoms with Crippen LogP contribution < -0.4 is 16.4 Å². The SMILES string of the molecule is COC(=O)[C@H](CC12CC3CC(CC(C3)C1)C2)NC(=O)[C@H](CC(=O)O)N1CC[C@H](NC(=O)Cc2ccc(C(=N)N)cc2)C1=O.O=C(O)C(F)(F)F. The number of methoxy groups -OCH3 is 1. The van der Waals surface area contributed by atoms with Gasteiger partial charge in [-0.1, -0.05) is 24.3 Å². The molecule has 17 heteroatoms. The molecule has 7 N–H and O–H groups in total. The number of halogens is 3. The lowest BCUT2D eigenvalue weighted by Gasteiger charge is -2.57. The van der Waals surface area contributed by atoms with Gasteiger partial charge >= 0.3 is 24.1 Å². The number of likely N-dealkylation sites (tertiary alicyclic amines) is 1. The summed E-state index contributed by atoms with van der Waals surface area (Å²) in [5.74, 6) is -4.40. The summed E-state index contributed by atoms with van der Waals surface area (Å²) in [4.78, 5) is 74.4. The van der Waals surface area contributed by atoms with Gasteiger partial charge in [-0.2, -0.15) is 13.2 Å². The molecular formula is C33H42F3N5O9. The minimum absolute atomic E-state index is 0.00780. The van der Waals surface area contributed by atoms with Gasteiger partial charge in [0.05, 0.1) is 20.0 Å². The molecule has 1 aromatic rings. The Labute approximate surface area is 285 Å². The second kappa shape index (κ2) is 15.5. The molecule has 14 nitrogen and oxygen atoms in total. The number of amidine groups is 1. The van der Waals surface area contributed by atoms with E-state index in [1.807, 2.05) is 0 Å². The molecule has 0 radical (unpaired) electrons. The Morgan fingerprint density at radius 1 is 1.04 bits per heavy atom. The van der Waals surface area contributed by atoms with E-state index in [2.05, 4.69) is 10.6 Å². The fourth-order valence-corrected chi connectivity index (χ4v) is 8.46. The number of carbonyl (C=O) groups is 6. The minimum atomic E-state index is -5.08. The molecule has 274 valence electrons. The average molecular weight is 710 g/mol. The Hall–Kier alpha value is -4.70. The van der Waals surface area contributed by atoms with Gasteiger partial charge in [0.15, 0.2) is 0 Å². The lowest BCUT2D eigenvalue weighted by Crippen LogP contribution is -2.56. The van der Waals surface area contributed by atoms with Crippen molar-refractivity contribution >= 4 is 41.5 Å². The normalized spacial score (nSPS) is 26.2. The highest BCUT2D eigenvalue weighted by atomic mass is 19.4. The second-order valence-corrected chi connectivity index (χ2v) is 13.9. The first-order chi connectivity index (χ1) is 23.4. The molecule has 0 aromatic heterocycles. The number of nitrogens with zero attached hydrogens (tertiary/aromatic N) is 1. The summed E-state index contributed by atoms with van der Waals surface area (Å²) in [6, 6.07) is 3.43. The van der Waals surface area contributed by atoms with Gasteiger partial charge in [0.1, 0.15) is 24.0 Å². The van der Waals surface area contributed by atoms with Crippen LogP contribution in [0.2, 0.25) is 0 Å². The quantitative estimate of drug-likeness (QED) is 0.105. The largest absolute Gasteiger partial charge is 0.490 e. The first-order valence-corrected chi connectivity index (χ1v) is 16.3. The van der Waals surface area contributed by atoms with Crippen molar-refractivity contribution in [3.63, 3.8) is 0 Å². The van der Waals surface area contributed by atoms with E-state index < -0.39 is 66.4 Å². The molecule has 4 aliphatic carbocycles. The number of benzene rings is 1. The Balaban J connectivity index is 0.000000727. The van der Waals surface area contributed by atoms with E-state index in [-0.39, 0.29) is 30.6 Å². The van der Waals surface area contributed by atoms with Gasteiger partial charge in [0, 0.05) is 12.1 Å². The van der Waals surface area contributed by atoms with Crippen molar-refractivity contribution in [2.75, 3.05) is 13.7 Å². The lowest BCUT2D eigenvalue weighted by atomic mass is 9.48. The summed E-state index contributed by atoms with van der Waals surface area (Å²) in [5.41, 5.74) is 6.62. The number of hydrogen-bond acceptors (Lipinski definition) is 8. The molecule has 1 aliphatic heterocycles. The van der Waals surface area contributed by atoms with E-state index in [4.69, 9.17) is 25.8 Å². The summed E-state index contributed by atoms with van der Waals surface area (Å²) in [6.45, 7) is 0.0837. The second-order valence-electron chi connectivity index (χ2n) is 13.9. The van der Waals surface area contributed by atoms with Gasteiger partial charge in [-0.3, -0.25) is 24.6 Å². The average Bonchev–Trinajstić information content (AvgIpc) is 3.37. The van der Waals surface area contributed by atoms with Gasteiger partial charge in [0.25, 0.3) is 0 Å². The van der Waals surface area contributed by atoms with Crippen molar-refractivity contribution in [2.45, 2.75) is 88.5 Å². The number of nitrogen functional groups attached to an aromatic ring is 1. The molecular weight excluding hydrogens is 667 g/mol. The number of nitrogens with two attached hydrogens (primary N) is 1. The summed E-state index contributed by atoms with van der Waals surface area (Å²) >= 11 is 0. The van der Waals surface area contributed by atoms with E-state index in [0.29, 0.717) is 35.3 Å². The minimum Gasteiger partial charge on any atom is -0.481 e. The van der Waals surface area contributed by atoms with Crippen LogP contribution in [0.1, 0.15) is 68.9 Å². The Morgan fingerprint density at radius 2 is 1.58 bits per heavy atom. The zero-order valence-corrected chi connectivity index (χ0v) is 27.5. The van der Waals surface area contributed by atoms with Gasteiger partial charge in [-0.25, -0.2) is 9.59 Å². The van der Waals surface area contributed by atoms with Gasteiger partial charge < -0.3 is 36.2 Å². The molecule has 0 spiro atoms. The Kier molecular flexibility index (Phi) is 11.8. The fourth-order valence-electron chi connectivity index (χ4n) is 8.46. The van der Waals surface area contributed by atoms with Crippen molar-refractivity contribution < 1.29 is 56.9 Å². The van der Waals surface area contributed by atoms with Crippen LogP contribution >= 0.6 is 0 Å². The van der Waals surface area contributed by atoms with Gasteiger partial charge in [-0.05, 0) is 80.1 Å². The molecule has 50 heavy (non-hydrogen) atoms. The molecule has 4 saturated carbocycles. The number of carboxylic acids is 2. The summed E-state index contributed by atoms with van der Waals surface area (Å²) in [7, 11) is 1.27. The van der Waals surface area contributed by atoms with Crippen LogP contribution in [0.3, 0.4) is 0 Å². The molecule has 1 aromatic carbocycles. The van der Waals surface area contributed by atoms with E-state index in [0.717, 1.165) is 19.3 Å². The number of aliphatic carboxylic acids is 2. The van der Waals surface area contributed by atoms with Crippen LogP contribution in [0.4, 0.5) is 13.2 Å². The lowest BCUT2D eigenvalue weighted by molar-refractivity contribution is -0.192. The number of rotatable bonds is 12. The number of carbonyl (C=O) groups excluding carboxylic acids is 4. The number of nitrogens with one attached hydrogen (secondary N) is 3. The molecule has 5 fully saturated rings. The fraction of sp³-hybridized carbons (Fsp3) is 0.606. The van der Waals surface area contributed by atoms with E-state index in [1.54, 1.807) is 24.3 Å². The topological polar surface area (TPSA) is 229 Å². The number of amides is 3. The molecule has 6 rings (SSSR count). The molecule has 4 bridgehead atoms. The molecule has 1 heterocycles. The summed E-state index contributed by atoms with van der Waals surface area (Å²) in [5, 5.41) is 29.7. The van der Waals surface area contributed by atoms with Crippen LogP contribution in [-0.2, 0) is 39.9 Å². The summed E-state index contributed by atoms with van der Waals surface area (Å²) in [6.07, 6.45) is 1.69. The van der Waals surface area contributed by atoms with Crippen LogP contribution in [-0.4, -0.2) is 94.5 Å². The number of ether oxygens (including phenoxy) is 1. The number of esters is 1. The number of hydrogen-bond donors (Lipinski definition) is 6. The van der Waals surface area contributed by atoms with Crippen LogP contribution in [0.15, 0.2) is 24.3 Å². The predicted octanol–water partition coefficient (Wildman–Crippen LogP) is 1.97. The Bertz CT molecular complexity index is 1460. The zero-order chi connectivity index (χ0) is 37.0. The first-order valence-electron chi connectivity index (χ1n) is 16.3. The zero-order valence-electron chi connectivity index (χ0n) is 27.5. The maximum absolute atomic E-state index is 13.6. The van der Waals surface area contributed by atoms with Crippen molar-refractivity contribution in [1.29, 1.82) is 5.41 Å². The third-order valence-electron chi connectivity index (χ3n) is 10.1. The third kappa shape index (κ3) is 9.50. The van der Waals surface area contributed by atoms with Crippen LogP contribution in [0.5, 0.6) is 0 Å². The van der Waals surface area contributed by atoms with Crippen molar-refractivity contribution in [3.05, 3.63) is 35.4 Å². The summed E-state index contributed by atoms with van der Waals surface area (Å²) < 4.78 is 36.8. The molecule has 3 amide bonds. The van der Waals surface area contributed by atoms with Crippen molar-refractivity contribution in [2.24, 2.45) is 28.9 Å². The molecule has 3 atom stereocenters. The third-order valence-corrected chi connectivity index (χ3v) is 10.1. The van der Waals surface area contributed by atoms with Crippen molar-refractivity contribution in [1.82, 2.24) is 15.5 Å². The smallest absolute Gasteiger partial charge is 0.481 e. The maximum Gasteiger partial charge on any atom is 0.490 e. The molecule has 1 saturated heterocycles. The maximum atomic E-state index is 13.6. The van der Waals surface area contributed by atoms with Crippen LogP contribution in [0, 0.1) is 28.6 Å². The Morgan fingerprint density at radius 3 is 2.04 bits per heavy atom. The number of carboxylic acid groups (broad SMARTS) is 2. The number of alkyl halides is 3. The highest BCUT2D eigenvalue weighted by Gasteiger charge is 2.52. The monoisotopic (exact) mass is 709 g/mol.